The molecule has 8 heteroatoms. The lowest BCUT2D eigenvalue weighted by Gasteiger charge is -2.06. The third kappa shape index (κ3) is 4.23. The highest BCUT2D eigenvalue weighted by atomic mass is 16.5. The van der Waals surface area contributed by atoms with E-state index in [4.69, 9.17) is 13.9 Å². The summed E-state index contributed by atoms with van der Waals surface area (Å²) in [5.74, 6) is 0.0205. The van der Waals surface area contributed by atoms with Crippen LogP contribution in [0.15, 0.2) is 53.2 Å². The van der Waals surface area contributed by atoms with Gasteiger partial charge in [-0.3, -0.25) is 4.98 Å². The SMILES string of the molecule is COc1ccc2c(Oc3nc(C)cc(C)n3)c(/C=C(/C(=O)O)c3ccncc3)oc2c1. The lowest BCUT2D eigenvalue weighted by Crippen LogP contribution is -2.00. The first-order valence-corrected chi connectivity index (χ1v) is 9.40. The molecule has 0 aliphatic rings. The zero-order valence-corrected chi connectivity index (χ0v) is 17.1. The summed E-state index contributed by atoms with van der Waals surface area (Å²) in [6, 6.07) is 10.4. The van der Waals surface area contributed by atoms with E-state index in [-0.39, 0.29) is 17.3 Å². The fraction of sp³-hybridized carbons (Fsp3) is 0.130. The van der Waals surface area contributed by atoms with Gasteiger partial charge in [0.25, 0.3) is 0 Å². The zero-order chi connectivity index (χ0) is 22.0. The van der Waals surface area contributed by atoms with Crippen LogP contribution in [-0.4, -0.2) is 33.1 Å². The maximum absolute atomic E-state index is 12.0. The summed E-state index contributed by atoms with van der Waals surface area (Å²) in [5.41, 5.74) is 2.48. The van der Waals surface area contributed by atoms with Crippen molar-refractivity contribution in [2.75, 3.05) is 7.11 Å². The predicted molar refractivity (Wildman–Crippen MR) is 114 cm³/mol. The molecule has 0 fully saturated rings. The number of carboxylic acids is 1. The number of ether oxygens (including phenoxy) is 2. The van der Waals surface area contributed by atoms with Gasteiger partial charge >= 0.3 is 12.0 Å². The number of methoxy groups -OCH3 is 1. The van der Waals surface area contributed by atoms with Gasteiger partial charge in [0.1, 0.15) is 11.3 Å². The Balaban J connectivity index is 1.90. The molecule has 0 radical (unpaired) electrons. The van der Waals surface area contributed by atoms with Crippen molar-refractivity contribution in [1.29, 1.82) is 0 Å². The number of pyridine rings is 1. The van der Waals surface area contributed by atoms with Crippen molar-refractivity contribution in [3.63, 3.8) is 0 Å². The molecule has 0 saturated heterocycles. The molecule has 0 bridgehead atoms. The van der Waals surface area contributed by atoms with Crippen LogP contribution < -0.4 is 9.47 Å². The van der Waals surface area contributed by atoms with Crippen molar-refractivity contribution in [3.8, 4) is 17.5 Å². The maximum Gasteiger partial charge on any atom is 0.336 e. The van der Waals surface area contributed by atoms with Gasteiger partial charge in [-0.2, -0.15) is 0 Å². The number of carboxylic acid groups (broad SMARTS) is 1. The second-order valence-corrected chi connectivity index (χ2v) is 6.79. The van der Waals surface area contributed by atoms with Crippen LogP contribution in [0.5, 0.6) is 17.5 Å². The molecule has 1 N–H and O–H groups in total. The standard InChI is InChI=1S/C23H19N3O5/c1-13-10-14(2)26-23(25-13)31-21-17-5-4-16(29-3)11-19(17)30-20(21)12-18(22(27)28)15-6-8-24-9-7-15/h4-12H,1-3H3,(H,27,28)/b18-12+. The molecule has 3 aromatic heterocycles. The topological polar surface area (TPSA) is 108 Å². The number of benzene rings is 1. The molecule has 4 rings (SSSR count). The van der Waals surface area contributed by atoms with E-state index in [2.05, 4.69) is 15.0 Å². The van der Waals surface area contributed by atoms with Crippen molar-refractivity contribution >= 4 is 28.6 Å². The van der Waals surface area contributed by atoms with Crippen molar-refractivity contribution in [3.05, 3.63) is 71.5 Å². The largest absolute Gasteiger partial charge is 0.497 e. The van der Waals surface area contributed by atoms with Crippen molar-refractivity contribution in [2.45, 2.75) is 13.8 Å². The van der Waals surface area contributed by atoms with Gasteiger partial charge < -0.3 is 19.0 Å². The molecule has 0 aliphatic heterocycles. The fourth-order valence-electron chi connectivity index (χ4n) is 3.16. The summed E-state index contributed by atoms with van der Waals surface area (Å²) in [7, 11) is 1.55. The second-order valence-electron chi connectivity index (χ2n) is 6.79. The van der Waals surface area contributed by atoms with Gasteiger partial charge in [0.2, 0.25) is 0 Å². The van der Waals surface area contributed by atoms with Crippen molar-refractivity contribution < 1.29 is 23.8 Å². The van der Waals surface area contributed by atoms with E-state index in [9.17, 15) is 9.90 Å². The number of aliphatic carboxylic acids is 1. The molecule has 4 aromatic rings. The number of hydrogen-bond acceptors (Lipinski definition) is 7. The van der Waals surface area contributed by atoms with Crippen LogP contribution in [0.25, 0.3) is 22.6 Å². The molecule has 0 saturated carbocycles. The Hall–Kier alpha value is -4.20. The van der Waals surface area contributed by atoms with Crippen LogP contribution in [0.1, 0.15) is 22.7 Å². The number of furan rings is 1. The Morgan fingerprint density at radius 3 is 2.42 bits per heavy atom. The van der Waals surface area contributed by atoms with Crippen molar-refractivity contribution in [1.82, 2.24) is 15.0 Å². The number of aryl methyl sites for hydroxylation is 2. The van der Waals surface area contributed by atoms with Gasteiger partial charge in [0.05, 0.1) is 18.1 Å². The average Bonchev–Trinajstić information content (AvgIpc) is 3.07. The van der Waals surface area contributed by atoms with Crippen LogP contribution >= 0.6 is 0 Å². The summed E-state index contributed by atoms with van der Waals surface area (Å²) < 4.78 is 17.2. The highest BCUT2D eigenvalue weighted by Crippen LogP contribution is 2.39. The number of rotatable bonds is 6. The van der Waals surface area contributed by atoms with E-state index in [1.165, 1.54) is 18.5 Å². The monoisotopic (exact) mass is 417 g/mol. The van der Waals surface area contributed by atoms with E-state index in [1.54, 1.807) is 37.4 Å². The number of hydrogen-bond donors (Lipinski definition) is 1. The smallest absolute Gasteiger partial charge is 0.336 e. The molecule has 0 aliphatic carbocycles. The van der Waals surface area contributed by atoms with E-state index in [1.807, 2.05) is 19.9 Å². The molecule has 0 unspecified atom stereocenters. The van der Waals surface area contributed by atoms with E-state index >= 15 is 0 Å². The van der Waals surface area contributed by atoms with Crippen LogP contribution in [-0.2, 0) is 4.79 Å². The third-order valence-electron chi connectivity index (χ3n) is 4.53. The molecule has 0 atom stereocenters. The van der Waals surface area contributed by atoms with Crippen LogP contribution in [0.2, 0.25) is 0 Å². The average molecular weight is 417 g/mol. The summed E-state index contributed by atoms with van der Waals surface area (Å²) in [5, 5.41) is 10.4. The van der Waals surface area contributed by atoms with E-state index in [0.717, 1.165) is 11.4 Å². The number of aromatic nitrogens is 3. The normalized spacial score (nSPS) is 11.5. The van der Waals surface area contributed by atoms with Gasteiger partial charge in [-0.1, -0.05) is 0 Å². The molecule has 31 heavy (non-hydrogen) atoms. The number of carbonyl (C=O) groups is 1. The fourth-order valence-corrected chi connectivity index (χ4v) is 3.16. The van der Waals surface area contributed by atoms with Gasteiger partial charge in [-0.15, -0.1) is 0 Å². The first-order chi connectivity index (χ1) is 14.9. The minimum Gasteiger partial charge on any atom is -0.497 e. The minimum atomic E-state index is -1.11. The second kappa shape index (κ2) is 8.27. The Labute approximate surface area is 177 Å². The predicted octanol–water partition coefficient (Wildman–Crippen LogP) is 4.66. The summed E-state index contributed by atoms with van der Waals surface area (Å²) in [6.07, 6.45) is 4.47. The van der Waals surface area contributed by atoms with Gasteiger partial charge in [0, 0.05) is 29.8 Å². The van der Waals surface area contributed by atoms with Crippen LogP contribution in [0, 0.1) is 13.8 Å². The quantitative estimate of drug-likeness (QED) is 0.451. The first kappa shape index (κ1) is 20.1. The zero-order valence-electron chi connectivity index (χ0n) is 17.1. The molecular weight excluding hydrogens is 398 g/mol. The molecule has 1 aromatic carbocycles. The molecule has 0 amide bonds. The Bertz CT molecular complexity index is 1280. The Morgan fingerprint density at radius 2 is 1.77 bits per heavy atom. The first-order valence-electron chi connectivity index (χ1n) is 9.40. The third-order valence-corrected chi connectivity index (χ3v) is 4.53. The highest BCUT2D eigenvalue weighted by molar-refractivity contribution is 6.20. The number of fused-ring (bicyclic) bond motifs is 1. The lowest BCUT2D eigenvalue weighted by molar-refractivity contribution is -0.130. The Kier molecular flexibility index (Phi) is 5.36. The van der Waals surface area contributed by atoms with Crippen molar-refractivity contribution in [2.24, 2.45) is 0 Å². The van der Waals surface area contributed by atoms with E-state index < -0.39 is 5.97 Å². The van der Waals surface area contributed by atoms with Crippen LogP contribution in [0.4, 0.5) is 0 Å². The molecule has 0 spiro atoms. The molecular formula is C23H19N3O5. The minimum absolute atomic E-state index is 0.0274. The highest BCUT2D eigenvalue weighted by Gasteiger charge is 2.20. The lowest BCUT2D eigenvalue weighted by atomic mass is 10.1. The molecule has 8 nitrogen and oxygen atoms in total. The summed E-state index contributed by atoms with van der Waals surface area (Å²) in [6.45, 7) is 3.68. The molecule has 3 heterocycles. The summed E-state index contributed by atoms with van der Waals surface area (Å²) in [4.78, 5) is 24.5. The van der Waals surface area contributed by atoms with Gasteiger partial charge in [-0.05, 0) is 55.8 Å². The maximum atomic E-state index is 12.0. The molecule has 156 valence electrons. The van der Waals surface area contributed by atoms with Gasteiger partial charge in [-0.25, -0.2) is 14.8 Å². The summed E-state index contributed by atoms with van der Waals surface area (Å²) >= 11 is 0. The van der Waals surface area contributed by atoms with Gasteiger partial charge in [0.15, 0.2) is 11.5 Å². The Morgan fingerprint density at radius 1 is 1.06 bits per heavy atom. The number of nitrogens with zero attached hydrogens (tertiary/aromatic N) is 3. The van der Waals surface area contributed by atoms with E-state index in [0.29, 0.717) is 28.0 Å². The van der Waals surface area contributed by atoms with Crippen LogP contribution in [0.3, 0.4) is 0 Å².